The van der Waals surface area contributed by atoms with Gasteiger partial charge in [0.1, 0.15) is 5.82 Å². The summed E-state index contributed by atoms with van der Waals surface area (Å²) in [5.74, 6) is -0.197. The molecule has 1 aromatic carbocycles. The van der Waals surface area contributed by atoms with Crippen LogP contribution in [0.3, 0.4) is 0 Å². The minimum atomic E-state index is -0.197. The molecule has 1 aromatic rings. The van der Waals surface area contributed by atoms with Crippen molar-refractivity contribution in [2.75, 3.05) is 0 Å². The van der Waals surface area contributed by atoms with Crippen molar-refractivity contribution >= 4 is 11.6 Å². The lowest BCUT2D eigenvalue weighted by molar-refractivity contribution is 0.299. The molecule has 0 radical (unpaired) electrons. The van der Waals surface area contributed by atoms with Crippen molar-refractivity contribution in [3.63, 3.8) is 0 Å². The molecule has 0 saturated carbocycles. The fourth-order valence-corrected chi connectivity index (χ4v) is 2.99. The number of rotatable bonds is 2. The average molecular weight is 268 g/mol. The molecule has 0 saturated heterocycles. The Morgan fingerprint density at radius 1 is 1.44 bits per heavy atom. The normalized spacial score (nSPS) is 22.7. The second-order valence-electron chi connectivity index (χ2n) is 5.95. The van der Waals surface area contributed by atoms with Crippen molar-refractivity contribution in [2.24, 2.45) is 11.1 Å². The Labute approximate surface area is 113 Å². The molecule has 0 amide bonds. The third-order valence-corrected chi connectivity index (χ3v) is 3.60. The van der Waals surface area contributed by atoms with E-state index < -0.39 is 0 Å². The fourth-order valence-electron chi connectivity index (χ4n) is 2.79. The van der Waals surface area contributed by atoms with E-state index in [4.69, 9.17) is 17.3 Å². The molecule has 0 spiro atoms. The van der Waals surface area contributed by atoms with E-state index in [-0.39, 0.29) is 17.3 Å². The molecule has 2 N–H and O–H groups in total. The Morgan fingerprint density at radius 3 is 2.83 bits per heavy atom. The third-order valence-electron chi connectivity index (χ3n) is 3.37. The maximum Gasteiger partial charge on any atom is 0.126 e. The lowest BCUT2D eigenvalue weighted by Crippen LogP contribution is -2.31. The maximum atomic E-state index is 13.7. The third kappa shape index (κ3) is 3.33. The van der Waals surface area contributed by atoms with Crippen LogP contribution < -0.4 is 5.73 Å². The first kappa shape index (κ1) is 13.6. The van der Waals surface area contributed by atoms with Crippen molar-refractivity contribution in [1.82, 2.24) is 0 Å². The predicted octanol–water partition coefficient (Wildman–Crippen LogP) is 4.10. The van der Waals surface area contributed by atoms with Crippen LogP contribution in [0.1, 0.15) is 32.3 Å². The molecule has 0 bridgehead atoms. The van der Waals surface area contributed by atoms with Crippen LogP contribution >= 0.6 is 11.6 Å². The van der Waals surface area contributed by atoms with Gasteiger partial charge in [0.15, 0.2) is 0 Å². The standard InChI is InChI=1S/C15H19ClFN/c1-15(2)8-10(6-13(18)9-15)5-11-7-12(16)3-4-14(11)17/h3-4,6-7,13H,5,8-9,18H2,1-2H3. The highest BCUT2D eigenvalue weighted by Gasteiger charge is 2.27. The molecule has 1 aliphatic carbocycles. The smallest absolute Gasteiger partial charge is 0.126 e. The molecule has 0 aliphatic heterocycles. The zero-order valence-electron chi connectivity index (χ0n) is 10.8. The molecule has 18 heavy (non-hydrogen) atoms. The lowest BCUT2D eigenvalue weighted by Gasteiger charge is -2.33. The first-order valence-electron chi connectivity index (χ1n) is 6.25. The van der Waals surface area contributed by atoms with Crippen molar-refractivity contribution < 1.29 is 4.39 Å². The minimum Gasteiger partial charge on any atom is -0.324 e. The summed E-state index contributed by atoms with van der Waals surface area (Å²) in [5.41, 5.74) is 8.08. The van der Waals surface area contributed by atoms with Crippen LogP contribution in [0.4, 0.5) is 4.39 Å². The first-order chi connectivity index (χ1) is 8.35. The zero-order valence-corrected chi connectivity index (χ0v) is 11.6. The second-order valence-corrected chi connectivity index (χ2v) is 6.38. The number of hydrogen-bond donors (Lipinski definition) is 1. The van der Waals surface area contributed by atoms with Crippen molar-refractivity contribution in [2.45, 2.75) is 39.2 Å². The molecular weight excluding hydrogens is 249 g/mol. The largest absolute Gasteiger partial charge is 0.324 e. The number of hydrogen-bond acceptors (Lipinski definition) is 1. The van der Waals surface area contributed by atoms with Gasteiger partial charge in [0, 0.05) is 11.1 Å². The molecule has 1 aliphatic rings. The Kier molecular flexibility index (Phi) is 3.79. The first-order valence-corrected chi connectivity index (χ1v) is 6.63. The summed E-state index contributed by atoms with van der Waals surface area (Å²) in [5, 5.41) is 0.575. The van der Waals surface area contributed by atoms with Gasteiger partial charge >= 0.3 is 0 Å². The number of nitrogens with two attached hydrogens (primary N) is 1. The highest BCUT2D eigenvalue weighted by molar-refractivity contribution is 6.30. The Hall–Kier alpha value is -0.860. The van der Waals surface area contributed by atoms with Gasteiger partial charge < -0.3 is 5.73 Å². The van der Waals surface area contributed by atoms with E-state index in [0.29, 0.717) is 17.0 Å². The Bertz CT molecular complexity index is 479. The predicted molar refractivity (Wildman–Crippen MR) is 74.2 cm³/mol. The van der Waals surface area contributed by atoms with Crippen molar-refractivity contribution in [1.29, 1.82) is 0 Å². The number of allylic oxidation sites excluding steroid dienone is 1. The molecule has 1 unspecified atom stereocenters. The Morgan fingerprint density at radius 2 is 2.17 bits per heavy atom. The van der Waals surface area contributed by atoms with Gasteiger partial charge in [-0.25, -0.2) is 4.39 Å². The van der Waals surface area contributed by atoms with E-state index in [1.165, 1.54) is 11.6 Å². The molecule has 2 rings (SSSR count). The summed E-state index contributed by atoms with van der Waals surface area (Å²) in [4.78, 5) is 0. The zero-order chi connectivity index (χ0) is 13.3. The van der Waals surface area contributed by atoms with Crippen molar-refractivity contribution in [3.05, 3.63) is 46.3 Å². The van der Waals surface area contributed by atoms with Crippen LogP contribution in [0.15, 0.2) is 29.8 Å². The van der Waals surface area contributed by atoms with Crippen LogP contribution in [-0.2, 0) is 6.42 Å². The van der Waals surface area contributed by atoms with E-state index in [1.807, 2.05) is 0 Å². The van der Waals surface area contributed by atoms with Gasteiger partial charge in [-0.3, -0.25) is 0 Å². The van der Waals surface area contributed by atoms with Gasteiger partial charge in [-0.2, -0.15) is 0 Å². The van der Waals surface area contributed by atoms with Crippen LogP contribution in [0.25, 0.3) is 0 Å². The van der Waals surface area contributed by atoms with E-state index in [2.05, 4.69) is 19.9 Å². The number of halogens is 2. The second kappa shape index (κ2) is 5.02. The summed E-state index contributed by atoms with van der Waals surface area (Å²) in [6, 6.07) is 4.77. The van der Waals surface area contributed by atoms with Crippen LogP contribution in [0.2, 0.25) is 5.02 Å². The lowest BCUT2D eigenvalue weighted by atomic mass is 9.74. The summed E-state index contributed by atoms with van der Waals surface area (Å²) in [6.45, 7) is 4.41. The molecule has 1 nitrogen and oxygen atoms in total. The van der Waals surface area contributed by atoms with E-state index in [1.54, 1.807) is 12.1 Å². The molecule has 0 heterocycles. The van der Waals surface area contributed by atoms with Gasteiger partial charge in [-0.05, 0) is 48.4 Å². The summed E-state index contributed by atoms with van der Waals surface area (Å²) in [7, 11) is 0. The highest BCUT2D eigenvalue weighted by Crippen LogP contribution is 2.36. The van der Waals surface area contributed by atoms with Crippen molar-refractivity contribution in [3.8, 4) is 0 Å². The summed E-state index contributed by atoms with van der Waals surface area (Å²) in [6.07, 6.45) is 4.62. The van der Waals surface area contributed by atoms with Gasteiger partial charge in [-0.1, -0.05) is 37.1 Å². The monoisotopic (exact) mass is 267 g/mol. The van der Waals surface area contributed by atoms with E-state index in [0.717, 1.165) is 12.8 Å². The molecule has 1 atom stereocenters. The van der Waals surface area contributed by atoms with Crippen LogP contribution in [-0.4, -0.2) is 6.04 Å². The van der Waals surface area contributed by atoms with Crippen LogP contribution in [0.5, 0.6) is 0 Å². The van der Waals surface area contributed by atoms with E-state index >= 15 is 0 Å². The SMILES string of the molecule is CC1(C)CC(Cc2cc(Cl)ccc2F)=CC(N)C1. The molecule has 98 valence electrons. The fraction of sp³-hybridized carbons (Fsp3) is 0.467. The van der Waals surface area contributed by atoms with Gasteiger partial charge in [0.25, 0.3) is 0 Å². The molecular formula is C15H19ClFN. The van der Waals surface area contributed by atoms with Crippen LogP contribution in [0, 0.1) is 11.2 Å². The molecule has 3 heteroatoms. The average Bonchev–Trinajstić information content (AvgIpc) is 2.20. The topological polar surface area (TPSA) is 26.0 Å². The highest BCUT2D eigenvalue weighted by atomic mass is 35.5. The Balaban J connectivity index is 2.21. The summed E-state index contributed by atoms with van der Waals surface area (Å²) >= 11 is 5.91. The van der Waals surface area contributed by atoms with Gasteiger partial charge in [0.05, 0.1) is 0 Å². The molecule has 0 fully saturated rings. The minimum absolute atomic E-state index is 0.0750. The maximum absolute atomic E-state index is 13.7. The molecule has 0 aromatic heterocycles. The van der Waals surface area contributed by atoms with E-state index in [9.17, 15) is 4.39 Å². The summed E-state index contributed by atoms with van der Waals surface area (Å²) < 4.78 is 13.7. The quantitative estimate of drug-likeness (QED) is 0.803. The van der Waals surface area contributed by atoms with Gasteiger partial charge in [0.2, 0.25) is 0 Å². The number of benzene rings is 1. The van der Waals surface area contributed by atoms with Gasteiger partial charge in [-0.15, -0.1) is 0 Å².